The molecule has 1 heterocycles. The number of hydrogen-bond donors (Lipinski definition) is 1. The largest absolute Gasteiger partial charge is 0.382 e. The van der Waals surface area contributed by atoms with Crippen LogP contribution in [0.15, 0.2) is 11.4 Å². The van der Waals surface area contributed by atoms with Crippen molar-refractivity contribution >= 4 is 11.3 Å². The molecule has 2 nitrogen and oxygen atoms in total. The Balaban J connectivity index is 2.53. The van der Waals surface area contributed by atoms with Crippen LogP contribution in [0.1, 0.15) is 43.2 Å². The maximum atomic E-state index is 5.29. The first kappa shape index (κ1) is 13.7. The first-order valence-corrected chi connectivity index (χ1v) is 6.86. The molecule has 3 heteroatoms. The molecule has 16 heavy (non-hydrogen) atoms. The molecular weight excluding hydrogens is 218 g/mol. The van der Waals surface area contributed by atoms with Crippen molar-refractivity contribution in [2.24, 2.45) is 0 Å². The monoisotopic (exact) mass is 241 g/mol. The Bertz CT molecular complexity index is 298. The minimum Gasteiger partial charge on any atom is -0.382 e. The van der Waals surface area contributed by atoms with E-state index in [1.165, 1.54) is 10.4 Å². The van der Waals surface area contributed by atoms with Gasteiger partial charge in [-0.2, -0.15) is 0 Å². The van der Waals surface area contributed by atoms with Crippen molar-refractivity contribution in [3.63, 3.8) is 0 Å². The summed E-state index contributed by atoms with van der Waals surface area (Å²) >= 11 is 1.83. The summed E-state index contributed by atoms with van der Waals surface area (Å²) in [6, 6.07) is 2.77. The highest BCUT2D eigenvalue weighted by atomic mass is 32.1. The molecule has 0 aliphatic heterocycles. The van der Waals surface area contributed by atoms with Gasteiger partial charge >= 0.3 is 0 Å². The van der Waals surface area contributed by atoms with E-state index >= 15 is 0 Å². The van der Waals surface area contributed by atoms with Crippen LogP contribution in [0.2, 0.25) is 0 Å². The number of hydrogen-bond acceptors (Lipinski definition) is 3. The number of ether oxygens (including phenoxy) is 1. The van der Waals surface area contributed by atoms with E-state index in [4.69, 9.17) is 4.74 Å². The first-order valence-electron chi connectivity index (χ1n) is 5.98. The molecular formula is C13H23NOS. The minimum atomic E-state index is 0.348. The van der Waals surface area contributed by atoms with Crippen LogP contribution in [-0.4, -0.2) is 19.8 Å². The van der Waals surface area contributed by atoms with E-state index in [0.717, 1.165) is 19.4 Å². The van der Waals surface area contributed by atoms with Gasteiger partial charge in [0.05, 0.1) is 6.10 Å². The van der Waals surface area contributed by atoms with E-state index in [1.54, 1.807) is 7.11 Å². The van der Waals surface area contributed by atoms with Crippen LogP contribution in [-0.2, 0) is 4.74 Å². The second-order valence-electron chi connectivity index (χ2n) is 4.22. The second-order valence-corrected chi connectivity index (χ2v) is 5.34. The van der Waals surface area contributed by atoms with Crippen molar-refractivity contribution in [1.29, 1.82) is 0 Å². The van der Waals surface area contributed by atoms with Gasteiger partial charge in [-0.05, 0) is 50.2 Å². The number of nitrogens with one attached hydrogen (secondary N) is 1. The Labute approximate surface area is 103 Å². The maximum absolute atomic E-state index is 5.29. The number of thiophene rings is 1. The Kier molecular flexibility index (Phi) is 6.03. The summed E-state index contributed by atoms with van der Waals surface area (Å²) in [5, 5.41) is 5.81. The van der Waals surface area contributed by atoms with Gasteiger partial charge in [0, 0.05) is 18.0 Å². The fourth-order valence-electron chi connectivity index (χ4n) is 1.80. The van der Waals surface area contributed by atoms with Crippen LogP contribution in [0.5, 0.6) is 0 Å². The second kappa shape index (κ2) is 7.05. The van der Waals surface area contributed by atoms with Crippen LogP contribution in [0.4, 0.5) is 0 Å². The molecule has 1 rings (SSSR count). The van der Waals surface area contributed by atoms with Crippen LogP contribution in [0.3, 0.4) is 0 Å². The van der Waals surface area contributed by atoms with Gasteiger partial charge in [-0.3, -0.25) is 0 Å². The fraction of sp³-hybridized carbons (Fsp3) is 0.692. The summed E-state index contributed by atoms with van der Waals surface area (Å²) in [4.78, 5) is 1.39. The average Bonchev–Trinajstić information content (AvgIpc) is 2.70. The molecule has 0 saturated carbocycles. The third kappa shape index (κ3) is 4.24. The van der Waals surface area contributed by atoms with Gasteiger partial charge in [-0.25, -0.2) is 0 Å². The normalized spacial score (nSPS) is 15.0. The molecule has 1 aromatic rings. The summed E-state index contributed by atoms with van der Waals surface area (Å²) < 4.78 is 5.29. The van der Waals surface area contributed by atoms with E-state index in [0.29, 0.717) is 12.1 Å². The molecule has 1 N–H and O–H groups in total. The standard InChI is InChI=1S/C13H23NOS/c1-5-14-13(7-6-10(2)15-4)12-8-11(3)16-9-12/h8-10,13-14H,5-7H2,1-4H3. The third-order valence-electron chi connectivity index (χ3n) is 2.87. The summed E-state index contributed by atoms with van der Waals surface area (Å²) in [6.45, 7) is 7.46. The molecule has 1 aromatic heterocycles. The van der Waals surface area contributed by atoms with E-state index in [9.17, 15) is 0 Å². The van der Waals surface area contributed by atoms with Crippen LogP contribution < -0.4 is 5.32 Å². The lowest BCUT2D eigenvalue weighted by Crippen LogP contribution is -2.22. The van der Waals surface area contributed by atoms with Gasteiger partial charge in [0.1, 0.15) is 0 Å². The third-order valence-corrected chi connectivity index (χ3v) is 3.75. The molecule has 0 aliphatic carbocycles. The SMILES string of the molecule is CCNC(CCC(C)OC)c1csc(C)c1. The van der Waals surface area contributed by atoms with Crippen molar-refractivity contribution in [3.8, 4) is 0 Å². The highest BCUT2D eigenvalue weighted by Crippen LogP contribution is 2.24. The molecule has 0 fully saturated rings. The molecule has 2 atom stereocenters. The number of methoxy groups -OCH3 is 1. The van der Waals surface area contributed by atoms with Gasteiger partial charge in [0.2, 0.25) is 0 Å². The van der Waals surface area contributed by atoms with E-state index in [2.05, 4.69) is 37.5 Å². The molecule has 0 aliphatic rings. The zero-order chi connectivity index (χ0) is 12.0. The lowest BCUT2D eigenvalue weighted by molar-refractivity contribution is 0.106. The first-order chi connectivity index (χ1) is 7.67. The highest BCUT2D eigenvalue weighted by Gasteiger charge is 2.13. The predicted octanol–water partition coefficient (Wildman–Crippen LogP) is 3.52. The van der Waals surface area contributed by atoms with Crippen molar-refractivity contribution < 1.29 is 4.74 Å². The number of rotatable bonds is 7. The van der Waals surface area contributed by atoms with Gasteiger partial charge in [0.15, 0.2) is 0 Å². The van der Waals surface area contributed by atoms with E-state index < -0.39 is 0 Å². The zero-order valence-electron chi connectivity index (χ0n) is 10.7. The molecule has 2 unspecified atom stereocenters. The summed E-state index contributed by atoms with van der Waals surface area (Å²) in [5.74, 6) is 0. The molecule has 92 valence electrons. The Hall–Kier alpha value is -0.380. The van der Waals surface area contributed by atoms with Gasteiger partial charge in [0.25, 0.3) is 0 Å². The predicted molar refractivity (Wildman–Crippen MR) is 71.2 cm³/mol. The Morgan fingerprint density at radius 1 is 1.44 bits per heavy atom. The Morgan fingerprint density at radius 3 is 2.69 bits per heavy atom. The highest BCUT2D eigenvalue weighted by molar-refractivity contribution is 7.10. The van der Waals surface area contributed by atoms with Gasteiger partial charge < -0.3 is 10.1 Å². The maximum Gasteiger partial charge on any atom is 0.0543 e. The van der Waals surface area contributed by atoms with Crippen LogP contribution in [0.25, 0.3) is 0 Å². The molecule has 0 aromatic carbocycles. The number of aryl methyl sites for hydroxylation is 1. The Morgan fingerprint density at radius 2 is 2.19 bits per heavy atom. The smallest absolute Gasteiger partial charge is 0.0543 e. The molecule has 0 radical (unpaired) electrons. The molecule has 0 spiro atoms. The van der Waals surface area contributed by atoms with Crippen LogP contribution >= 0.6 is 11.3 Å². The van der Waals surface area contributed by atoms with E-state index in [-0.39, 0.29) is 0 Å². The summed E-state index contributed by atoms with van der Waals surface area (Å²) in [5.41, 5.74) is 1.42. The van der Waals surface area contributed by atoms with Crippen molar-refractivity contribution in [1.82, 2.24) is 5.32 Å². The van der Waals surface area contributed by atoms with Crippen molar-refractivity contribution in [3.05, 3.63) is 21.9 Å². The molecule has 0 saturated heterocycles. The van der Waals surface area contributed by atoms with Gasteiger partial charge in [-0.1, -0.05) is 6.92 Å². The minimum absolute atomic E-state index is 0.348. The quantitative estimate of drug-likeness (QED) is 0.788. The summed E-state index contributed by atoms with van der Waals surface area (Å²) in [7, 11) is 1.78. The van der Waals surface area contributed by atoms with Crippen molar-refractivity contribution in [2.45, 2.75) is 45.8 Å². The lowest BCUT2D eigenvalue weighted by atomic mass is 10.0. The lowest BCUT2D eigenvalue weighted by Gasteiger charge is -2.18. The van der Waals surface area contributed by atoms with Crippen LogP contribution in [0, 0.1) is 6.92 Å². The average molecular weight is 241 g/mol. The van der Waals surface area contributed by atoms with Crippen molar-refractivity contribution in [2.75, 3.05) is 13.7 Å². The van der Waals surface area contributed by atoms with E-state index in [1.807, 2.05) is 11.3 Å². The summed E-state index contributed by atoms with van der Waals surface area (Å²) in [6.07, 6.45) is 2.59. The molecule has 0 amide bonds. The molecule has 0 bridgehead atoms. The van der Waals surface area contributed by atoms with Gasteiger partial charge in [-0.15, -0.1) is 11.3 Å². The zero-order valence-corrected chi connectivity index (χ0v) is 11.6. The fourth-order valence-corrected chi connectivity index (χ4v) is 2.56. The topological polar surface area (TPSA) is 21.3 Å².